The van der Waals surface area contributed by atoms with Crippen molar-refractivity contribution >= 4 is 5.91 Å². The molecule has 96 valence electrons. The highest BCUT2D eigenvalue weighted by molar-refractivity contribution is 5.88. The van der Waals surface area contributed by atoms with Gasteiger partial charge in [-0.3, -0.25) is 14.9 Å². The van der Waals surface area contributed by atoms with E-state index in [-0.39, 0.29) is 18.8 Å². The van der Waals surface area contributed by atoms with Crippen LogP contribution in [-0.4, -0.2) is 39.6 Å². The standard InChI is InChI=1S/C9H16N4O4/c1-3-6-7(13(16)17)9(2,8(10)15)11-12(6)4-5-14/h11,14H,3-5H2,1-2H3,(H2,10,15). The van der Waals surface area contributed by atoms with Crippen molar-refractivity contribution < 1.29 is 14.8 Å². The van der Waals surface area contributed by atoms with Crippen LogP contribution in [0.15, 0.2) is 11.4 Å². The molecule has 0 spiro atoms. The minimum atomic E-state index is -1.54. The molecule has 8 nitrogen and oxygen atoms in total. The van der Waals surface area contributed by atoms with E-state index in [4.69, 9.17) is 10.8 Å². The molecule has 8 heteroatoms. The van der Waals surface area contributed by atoms with E-state index in [9.17, 15) is 14.9 Å². The van der Waals surface area contributed by atoms with Crippen LogP contribution < -0.4 is 11.2 Å². The second kappa shape index (κ2) is 4.68. The van der Waals surface area contributed by atoms with Crippen LogP contribution >= 0.6 is 0 Å². The van der Waals surface area contributed by atoms with E-state index in [2.05, 4.69) is 5.43 Å². The molecular formula is C9H16N4O4. The van der Waals surface area contributed by atoms with Crippen molar-refractivity contribution in [1.82, 2.24) is 10.4 Å². The lowest BCUT2D eigenvalue weighted by atomic mass is 9.97. The van der Waals surface area contributed by atoms with E-state index in [1.54, 1.807) is 6.92 Å². The van der Waals surface area contributed by atoms with Gasteiger partial charge in [0.25, 0.3) is 5.70 Å². The van der Waals surface area contributed by atoms with E-state index < -0.39 is 16.4 Å². The van der Waals surface area contributed by atoms with Crippen molar-refractivity contribution in [2.24, 2.45) is 5.73 Å². The van der Waals surface area contributed by atoms with Gasteiger partial charge in [0, 0.05) is 0 Å². The van der Waals surface area contributed by atoms with E-state index in [1.807, 2.05) is 0 Å². The van der Waals surface area contributed by atoms with Gasteiger partial charge in [0.05, 0.1) is 18.1 Å². The van der Waals surface area contributed by atoms with Crippen molar-refractivity contribution in [2.75, 3.05) is 13.2 Å². The van der Waals surface area contributed by atoms with Crippen molar-refractivity contribution in [3.05, 3.63) is 21.5 Å². The molecule has 1 aliphatic heterocycles. The Morgan fingerprint density at radius 2 is 2.29 bits per heavy atom. The quantitative estimate of drug-likeness (QED) is 0.418. The third-order valence-electron chi connectivity index (χ3n) is 2.77. The van der Waals surface area contributed by atoms with Gasteiger partial charge in [-0.1, -0.05) is 6.92 Å². The average molecular weight is 244 g/mol. The van der Waals surface area contributed by atoms with Gasteiger partial charge in [-0.15, -0.1) is 0 Å². The molecule has 17 heavy (non-hydrogen) atoms. The molecule has 0 bridgehead atoms. The highest BCUT2D eigenvalue weighted by Crippen LogP contribution is 2.31. The first-order chi connectivity index (χ1) is 7.88. The number of hydrazine groups is 1. The smallest absolute Gasteiger partial charge is 0.297 e. The first-order valence-corrected chi connectivity index (χ1v) is 5.22. The lowest BCUT2D eigenvalue weighted by Gasteiger charge is -2.24. The van der Waals surface area contributed by atoms with Crippen LogP contribution in [0.1, 0.15) is 20.3 Å². The molecule has 1 atom stereocenters. The van der Waals surface area contributed by atoms with Gasteiger partial charge in [-0.25, -0.2) is 5.43 Å². The highest BCUT2D eigenvalue weighted by atomic mass is 16.6. The number of rotatable bonds is 5. The van der Waals surface area contributed by atoms with Crippen LogP contribution in [0.4, 0.5) is 0 Å². The maximum atomic E-state index is 11.4. The fourth-order valence-electron chi connectivity index (χ4n) is 1.92. The Morgan fingerprint density at radius 3 is 2.65 bits per heavy atom. The Morgan fingerprint density at radius 1 is 1.71 bits per heavy atom. The minimum Gasteiger partial charge on any atom is -0.394 e. The zero-order valence-corrected chi connectivity index (χ0v) is 9.77. The van der Waals surface area contributed by atoms with Gasteiger partial charge in [0.1, 0.15) is 5.70 Å². The van der Waals surface area contributed by atoms with Crippen LogP contribution in [0.2, 0.25) is 0 Å². The van der Waals surface area contributed by atoms with Gasteiger partial charge in [0.2, 0.25) is 11.4 Å². The zero-order chi connectivity index (χ0) is 13.2. The molecule has 0 saturated carbocycles. The van der Waals surface area contributed by atoms with Crippen LogP contribution in [0.25, 0.3) is 0 Å². The monoisotopic (exact) mass is 244 g/mol. The van der Waals surface area contributed by atoms with Crippen molar-refractivity contribution in [2.45, 2.75) is 25.8 Å². The summed E-state index contributed by atoms with van der Waals surface area (Å²) in [4.78, 5) is 21.8. The Balaban J connectivity index is 3.27. The van der Waals surface area contributed by atoms with E-state index in [1.165, 1.54) is 11.9 Å². The van der Waals surface area contributed by atoms with E-state index >= 15 is 0 Å². The predicted octanol–water partition coefficient (Wildman–Crippen LogP) is -1.06. The fraction of sp³-hybridized carbons (Fsp3) is 0.667. The fourth-order valence-corrected chi connectivity index (χ4v) is 1.92. The number of hydrogen-bond donors (Lipinski definition) is 3. The van der Waals surface area contributed by atoms with E-state index in [0.717, 1.165) is 0 Å². The third-order valence-corrected chi connectivity index (χ3v) is 2.77. The third kappa shape index (κ3) is 2.08. The van der Waals surface area contributed by atoms with Crippen molar-refractivity contribution in [3.8, 4) is 0 Å². The maximum Gasteiger partial charge on any atom is 0.297 e. The number of β-amino-alcohol motifs (C(OH)–C–C–N with tert-alkyl or cyclic N) is 1. The van der Waals surface area contributed by atoms with Gasteiger partial charge < -0.3 is 15.8 Å². The van der Waals surface area contributed by atoms with Crippen LogP contribution in [0, 0.1) is 10.1 Å². The molecule has 1 rings (SSSR count). The summed E-state index contributed by atoms with van der Waals surface area (Å²) in [5, 5.41) is 21.3. The first-order valence-electron chi connectivity index (χ1n) is 5.22. The lowest BCUT2D eigenvalue weighted by Crippen LogP contribution is -2.56. The molecule has 0 fully saturated rings. The largest absolute Gasteiger partial charge is 0.394 e. The molecule has 1 aliphatic rings. The number of nitrogens with two attached hydrogens (primary N) is 1. The summed E-state index contributed by atoms with van der Waals surface area (Å²) in [5.41, 5.74) is 6.47. The Kier molecular flexibility index (Phi) is 3.69. The molecule has 1 heterocycles. The Bertz CT molecular complexity index is 381. The molecule has 0 saturated heterocycles. The number of carbonyl (C=O) groups is 1. The van der Waals surface area contributed by atoms with Gasteiger partial charge in [-0.05, 0) is 13.3 Å². The Labute approximate surface area is 98.2 Å². The summed E-state index contributed by atoms with van der Waals surface area (Å²) in [6, 6.07) is 0. The summed E-state index contributed by atoms with van der Waals surface area (Å²) in [6.45, 7) is 3.07. The molecule has 4 N–H and O–H groups in total. The van der Waals surface area contributed by atoms with E-state index in [0.29, 0.717) is 12.1 Å². The summed E-state index contributed by atoms with van der Waals surface area (Å²) in [6.07, 6.45) is 0.367. The van der Waals surface area contributed by atoms with Gasteiger partial charge in [0.15, 0.2) is 0 Å². The first kappa shape index (κ1) is 13.4. The molecule has 0 aromatic rings. The predicted molar refractivity (Wildman–Crippen MR) is 58.8 cm³/mol. The molecule has 0 aliphatic carbocycles. The minimum absolute atomic E-state index is 0.156. The number of carbonyl (C=O) groups excluding carboxylic acids is 1. The number of aliphatic hydroxyl groups excluding tert-OH is 1. The second-order valence-electron chi connectivity index (χ2n) is 3.88. The van der Waals surface area contributed by atoms with Crippen LogP contribution in [-0.2, 0) is 4.79 Å². The SMILES string of the molecule is CCC1=C([N+](=O)[O-])C(C)(C(N)=O)NN1CCO. The summed E-state index contributed by atoms with van der Waals surface area (Å²) in [7, 11) is 0. The van der Waals surface area contributed by atoms with Gasteiger partial charge in [-0.2, -0.15) is 0 Å². The Hall–Kier alpha value is -1.67. The van der Waals surface area contributed by atoms with Crippen molar-refractivity contribution in [3.63, 3.8) is 0 Å². The highest BCUT2D eigenvalue weighted by Gasteiger charge is 2.53. The second-order valence-corrected chi connectivity index (χ2v) is 3.88. The number of aliphatic hydroxyl groups is 1. The average Bonchev–Trinajstić information content (AvgIpc) is 2.52. The molecule has 0 aromatic carbocycles. The van der Waals surface area contributed by atoms with Crippen LogP contribution in [0.3, 0.4) is 0 Å². The molecular weight excluding hydrogens is 228 g/mol. The number of amides is 1. The summed E-state index contributed by atoms with van der Waals surface area (Å²) >= 11 is 0. The number of nitrogens with zero attached hydrogens (tertiary/aromatic N) is 2. The van der Waals surface area contributed by atoms with Crippen LogP contribution in [0.5, 0.6) is 0 Å². The molecule has 0 aromatic heterocycles. The maximum absolute atomic E-state index is 11.4. The molecule has 0 radical (unpaired) electrons. The number of primary amides is 1. The molecule has 1 unspecified atom stereocenters. The molecule has 1 amide bonds. The lowest BCUT2D eigenvalue weighted by molar-refractivity contribution is -0.433. The number of allylic oxidation sites excluding steroid dienone is 1. The number of nitrogens with one attached hydrogen (secondary N) is 1. The normalized spacial score (nSPS) is 24.3. The van der Waals surface area contributed by atoms with Gasteiger partial charge >= 0.3 is 0 Å². The zero-order valence-electron chi connectivity index (χ0n) is 9.77. The van der Waals surface area contributed by atoms with Crippen molar-refractivity contribution in [1.29, 1.82) is 0 Å². The topological polar surface area (TPSA) is 122 Å². The summed E-state index contributed by atoms with van der Waals surface area (Å²) in [5.74, 6) is -0.824. The summed E-state index contributed by atoms with van der Waals surface area (Å²) < 4.78 is 0. The number of hydrogen-bond acceptors (Lipinski definition) is 6. The number of nitro groups is 1.